The number of benzene rings is 3. The number of hydrogen-bond donors (Lipinski definition) is 4. The number of ether oxygens (including phenoxy) is 2. The minimum Gasteiger partial charge on any atom is -0.504 e. The standard InChI is InChI=1S/C49H57N3O6/c1-27(2)14-18-50-20-16-46-38-30-10-12-34(53)42(38)57-44(46)40-32(24-48(46,55)36(50)22-30)33-25-49(56)37-23-31-11-13-35(54)43-39(31)47(49,17-21-51(37)19-15-28(3)4)45(58-43)41(33)52(40)26-29-8-6-5-7-9-29/h5-13,27-28,36-37,44-45,53-56H,14-26H2,1-4H3/t36-,37-,44+,45+,46+,47+,48-,49-/m1/s1. The quantitative estimate of drug-likeness (QED) is 0.158. The van der Waals surface area contributed by atoms with E-state index in [0.29, 0.717) is 55.6 Å². The number of phenolic OH excluding ortho intramolecular Hbond substituents is 2. The first kappa shape index (κ1) is 35.9. The van der Waals surface area contributed by atoms with E-state index in [1.807, 2.05) is 0 Å². The fourth-order valence-electron chi connectivity index (χ4n) is 14.2. The van der Waals surface area contributed by atoms with Gasteiger partial charge in [0.05, 0.1) is 33.4 Å². The Morgan fingerprint density at radius 2 is 1.12 bits per heavy atom. The number of aromatic nitrogens is 1. The average Bonchev–Trinajstić information content (AvgIpc) is 3.81. The van der Waals surface area contributed by atoms with Crippen molar-refractivity contribution in [2.45, 2.75) is 132 Å². The lowest BCUT2D eigenvalue weighted by Gasteiger charge is -2.63. The Bertz CT molecular complexity index is 2250. The number of aliphatic hydroxyl groups is 2. The van der Waals surface area contributed by atoms with Crippen molar-refractivity contribution in [3.8, 4) is 23.0 Å². The van der Waals surface area contributed by atoms with Crippen molar-refractivity contribution in [3.05, 3.63) is 105 Å². The normalized spacial score (nSPS) is 34.3. The van der Waals surface area contributed by atoms with Crippen LogP contribution in [0.5, 0.6) is 23.0 Å². The van der Waals surface area contributed by atoms with Crippen molar-refractivity contribution in [2.75, 3.05) is 26.2 Å². The lowest BCUT2D eigenvalue weighted by molar-refractivity contribution is -0.175. The number of piperidine rings is 2. The summed E-state index contributed by atoms with van der Waals surface area (Å²) in [5.41, 5.74) is 5.86. The van der Waals surface area contributed by atoms with Crippen molar-refractivity contribution in [1.29, 1.82) is 0 Å². The molecule has 58 heavy (non-hydrogen) atoms. The van der Waals surface area contributed by atoms with Gasteiger partial charge < -0.3 is 34.5 Å². The molecule has 2 fully saturated rings. The Hall–Kier alpha value is -4.02. The maximum absolute atomic E-state index is 13.9. The first-order chi connectivity index (χ1) is 27.9. The fourth-order valence-corrected chi connectivity index (χ4v) is 14.2. The molecular weight excluding hydrogens is 727 g/mol. The zero-order chi connectivity index (χ0) is 39.7. The molecule has 2 saturated heterocycles. The molecule has 4 bridgehead atoms. The third-order valence-corrected chi connectivity index (χ3v) is 16.8. The predicted octanol–water partition coefficient (Wildman–Crippen LogP) is 6.62. The van der Waals surface area contributed by atoms with E-state index in [4.69, 9.17) is 9.47 Å². The molecular formula is C49H57N3O6. The Morgan fingerprint density at radius 3 is 1.57 bits per heavy atom. The Balaban J connectivity index is 1.12. The van der Waals surface area contributed by atoms with Gasteiger partial charge in [-0.1, -0.05) is 70.2 Å². The van der Waals surface area contributed by atoms with E-state index in [0.717, 1.165) is 91.1 Å². The number of fused-ring (bicyclic) bond motifs is 5. The molecule has 12 rings (SSSR count). The van der Waals surface area contributed by atoms with Gasteiger partial charge in [-0.3, -0.25) is 9.80 Å². The van der Waals surface area contributed by atoms with E-state index in [-0.39, 0.29) is 23.6 Å². The number of nitrogens with zero attached hydrogens (tertiary/aromatic N) is 3. The van der Waals surface area contributed by atoms with Crippen molar-refractivity contribution in [3.63, 3.8) is 0 Å². The van der Waals surface area contributed by atoms with Crippen LogP contribution in [-0.2, 0) is 43.1 Å². The van der Waals surface area contributed by atoms with Crippen molar-refractivity contribution in [1.82, 2.24) is 14.4 Å². The zero-order valence-corrected chi connectivity index (χ0v) is 34.3. The summed E-state index contributed by atoms with van der Waals surface area (Å²) in [6.45, 7) is 13.2. The molecule has 5 heterocycles. The number of hydrogen-bond acceptors (Lipinski definition) is 8. The largest absolute Gasteiger partial charge is 0.504 e. The van der Waals surface area contributed by atoms with Crippen LogP contribution in [0, 0.1) is 11.8 Å². The first-order valence-electron chi connectivity index (χ1n) is 22.2. The fraction of sp³-hybridized carbons (Fsp3) is 0.551. The molecule has 0 radical (unpaired) electrons. The van der Waals surface area contributed by atoms with Crippen LogP contribution in [0.2, 0.25) is 0 Å². The van der Waals surface area contributed by atoms with Crippen molar-refractivity contribution in [2.24, 2.45) is 11.8 Å². The second-order valence-corrected chi connectivity index (χ2v) is 20.2. The monoisotopic (exact) mass is 783 g/mol. The van der Waals surface area contributed by atoms with Crippen LogP contribution in [0.4, 0.5) is 0 Å². The molecule has 4 aliphatic carbocycles. The summed E-state index contributed by atoms with van der Waals surface area (Å²) in [5, 5.41) is 51.0. The Kier molecular flexibility index (Phi) is 7.32. The zero-order valence-electron chi connectivity index (χ0n) is 34.3. The number of aromatic hydroxyl groups is 2. The molecule has 0 amide bonds. The van der Waals surface area contributed by atoms with Gasteiger partial charge in [0.2, 0.25) is 0 Å². The van der Waals surface area contributed by atoms with Crippen LogP contribution >= 0.6 is 0 Å². The van der Waals surface area contributed by atoms with Gasteiger partial charge in [0.25, 0.3) is 0 Å². The molecule has 8 aliphatic rings. The van der Waals surface area contributed by atoms with E-state index < -0.39 is 34.2 Å². The van der Waals surface area contributed by atoms with Crippen LogP contribution in [0.25, 0.3) is 0 Å². The Morgan fingerprint density at radius 1 is 0.655 bits per heavy atom. The molecule has 3 aromatic carbocycles. The SMILES string of the molecule is CC(C)CCN1CC[C@]23c4c5ccc(O)c4O[C@H]2c2c(c4c(n2Cc2ccccc2)[C@@H]2Oc6c(O)ccc7c6[C@@]26CCN(CCC(C)C)[C@H](C7)[C@]6(O)C4)C[C@@]3(O)[C@H]1C5. The van der Waals surface area contributed by atoms with Crippen LogP contribution in [-0.4, -0.2) is 84.3 Å². The third kappa shape index (κ3) is 4.17. The summed E-state index contributed by atoms with van der Waals surface area (Å²) in [5.74, 6) is 2.39. The highest BCUT2D eigenvalue weighted by atomic mass is 16.5. The topological polar surface area (TPSA) is 111 Å². The second-order valence-electron chi connectivity index (χ2n) is 20.2. The predicted molar refractivity (Wildman–Crippen MR) is 220 cm³/mol. The van der Waals surface area contributed by atoms with E-state index in [1.54, 1.807) is 12.1 Å². The molecule has 0 saturated carbocycles. The summed E-state index contributed by atoms with van der Waals surface area (Å²) in [6.07, 6.45) is 4.72. The molecule has 304 valence electrons. The number of phenols is 2. The minimum absolute atomic E-state index is 0.125. The third-order valence-electron chi connectivity index (χ3n) is 16.8. The molecule has 1 aromatic heterocycles. The van der Waals surface area contributed by atoms with Crippen LogP contribution in [0.1, 0.15) is 116 Å². The molecule has 2 spiro atoms. The van der Waals surface area contributed by atoms with Crippen LogP contribution < -0.4 is 9.47 Å². The van der Waals surface area contributed by atoms with Gasteiger partial charge in [-0.15, -0.1) is 0 Å². The molecule has 4 aliphatic heterocycles. The summed E-state index contributed by atoms with van der Waals surface area (Å²) in [4.78, 5) is 5.10. The molecule has 4 aromatic rings. The highest BCUT2D eigenvalue weighted by molar-refractivity contribution is 5.69. The average molecular weight is 784 g/mol. The van der Waals surface area contributed by atoms with Gasteiger partial charge in [0.15, 0.2) is 35.2 Å². The van der Waals surface area contributed by atoms with Crippen molar-refractivity contribution >= 4 is 0 Å². The second kappa shape index (κ2) is 11.8. The highest BCUT2D eigenvalue weighted by Crippen LogP contribution is 2.73. The van der Waals surface area contributed by atoms with Gasteiger partial charge in [-0.25, -0.2) is 0 Å². The minimum atomic E-state index is -1.17. The van der Waals surface area contributed by atoms with Crippen molar-refractivity contribution < 1.29 is 29.9 Å². The van der Waals surface area contributed by atoms with Crippen LogP contribution in [0.3, 0.4) is 0 Å². The Labute approximate surface area is 341 Å². The summed E-state index contributed by atoms with van der Waals surface area (Å²) in [6, 6.07) is 18.0. The molecule has 9 nitrogen and oxygen atoms in total. The summed E-state index contributed by atoms with van der Waals surface area (Å²) < 4.78 is 16.9. The smallest absolute Gasteiger partial charge is 0.166 e. The van der Waals surface area contributed by atoms with Gasteiger partial charge in [-0.2, -0.15) is 0 Å². The number of rotatable bonds is 8. The highest BCUT2D eigenvalue weighted by Gasteiger charge is 2.76. The molecule has 0 unspecified atom stereocenters. The van der Waals surface area contributed by atoms with Crippen LogP contribution in [0.15, 0.2) is 54.6 Å². The maximum atomic E-state index is 13.9. The molecule has 8 atom stereocenters. The first-order valence-corrected chi connectivity index (χ1v) is 22.2. The summed E-state index contributed by atoms with van der Waals surface area (Å²) >= 11 is 0. The lowest BCUT2D eigenvalue weighted by Crippen LogP contribution is -2.75. The van der Waals surface area contributed by atoms with E-state index in [9.17, 15) is 20.4 Å². The number of likely N-dealkylation sites (tertiary alicyclic amines) is 2. The summed E-state index contributed by atoms with van der Waals surface area (Å²) in [7, 11) is 0. The maximum Gasteiger partial charge on any atom is 0.166 e. The van der Waals surface area contributed by atoms with Gasteiger partial charge in [0.1, 0.15) is 0 Å². The molecule has 9 heteroatoms. The van der Waals surface area contributed by atoms with E-state index in [2.05, 4.69) is 84.5 Å². The molecule has 4 N–H and O–H groups in total. The van der Waals surface area contributed by atoms with Gasteiger partial charge in [0, 0.05) is 42.6 Å². The van der Waals surface area contributed by atoms with Gasteiger partial charge in [-0.05, 0) is 116 Å². The van der Waals surface area contributed by atoms with Gasteiger partial charge >= 0.3 is 0 Å². The van der Waals surface area contributed by atoms with E-state index in [1.165, 1.54) is 11.1 Å². The van der Waals surface area contributed by atoms with E-state index >= 15 is 0 Å². The lowest BCUT2D eigenvalue weighted by atomic mass is 9.47.